The lowest BCUT2D eigenvalue weighted by atomic mass is 10.8. The van der Waals surface area contributed by atoms with Crippen LogP contribution in [0, 0.1) is 6.92 Å². The molecule has 0 saturated carbocycles. The Hall–Kier alpha value is -0.790. The van der Waals surface area contributed by atoms with Crippen LogP contribution in [0.15, 0.2) is 12.4 Å². The highest BCUT2D eigenvalue weighted by molar-refractivity contribution is 4.80. The van der Waals surface area contributed by atoms with Gasteiger partial charge in [-0.3, -0.25) is 0 Å². The van der Waals surface area contributed by atoms with Crippen LogP contribution in [0.3, 0.4) is 0 Å². The van der Waals surface area contributed by atoms with Crippen LogP contribution < -0.4 is 0 Å². The van der Waals surface area contributed by atoms with E-state index in [-0.39, 0.29) is 7.43 Å². The number of hydrogen-bond acceptors (Lipinski definition) is 1. The molecule has 0 aliphatic rings. The molecule has 2 heteroatoms. The average molecular weight is 128 g/mol. The van der Waals surface area contributed by atoms with Crippen molar-refractivity contribution in [3.8, 4) is 0 Å². The summed E-state index contributed by atoms with van der Waals surface area (Å²) in [5.41, 5.74) is 0. The Balaban J connectivity index is 0. The molecule has 0 spiro atoms. The van der Waals surface area contributed by atoms with E-state index in [1.807, 2.05) is 20.8 Å². The van der Waals surface area contributed by atoms with Gasteiger partial charge in [-0.15, -0.1) is 0 Å². The standard InChI is InChI=1S/C4H6N2.C2H6.CH4/c1-4-5-2-3-6-4;1-2;/h2-3H,1H3,(H,5,6);1-2H3;1H4. The van der Waals surface area contributed by atoms with Crippen molar-refractivity contribution >= 4 is 0 Å². The normalized spacial score (nSPS) is 6.56. The quantitative estimate of drug-likeness (QED) is 0.571. The molecular formula is C7H16N2. The Morgan fingerprint density at radius 2 is 2.00 bits per heavy atom. The Morgan fingerprint density at radius 3 is 2.11 bits per heavy atom. The summed E-state index contributed by atoms with van der Waals surface area (Å²) < 4.78 is 0. The summed E-state index contributed by atoms with van der Waals surface area (Å²) in [7, 11) is 0. The predicted octanol–water partition coefficient (Wildman–Crippen LogP) is 2.38. The first-order valence-electron chi connectivity index (χ1n) is 2.85. The van der Waals surface area contributed by atoms with Crippen molar-refractivity contribution in [3.05, 3.63) is 18.2 Å². The van der Waals surface area contributed by atoms with Gasteiger partial charge < -0.3 is 4.98 Å². The number of nitrogens with zero attached hydrogens (tertiary/aromatic N) is 1. The summed E-state index contributed by atoms with van der Waals surface area (Å²) in [6.45, 7) is 5.92. The Labute approximate surface area is 57.3 Å². The average Bonchev–Trinajstić information content (AvgIpc) is 2.24. The van der Waals surface area contributed by atoms with E-state index in [2.05, 4.69) is 9.97 Å². The number of nitrogens with one attached hydrogen (secondary N) is 1. The topological polar surface area (TPSA) is 28.7 Å². The van der Waals surface area contributed by atoms with Crippen molar-refractivity contribution in [1.82, 2.24) is 9.97 Å². The van der Waals surface area contributed by atoms with E-state index in [1.54, 1.807) is 12.4 Å². The number of imidazole rings is 1. The number of hydrogen-bond donors (Lipinski definition) is 1. The van der Waals surface area contributed by atoms with Gasteiger partial charge in [0.25, 0.3) is 0 Å². The highest BCUT2D eigenvalue weighted by Gasteiger charge is 1.73. The van der Waals surface area contributed by atoms with Crippen molar-refractivity contribution < 1.29 is 0 Å². The molecule has 0 unspecified atom stereocenters. The van der Waals surface area contributed by atoms with Gasteiger partial charge in [0.2, 0.25) is 0 Å². The molecule has 1 rings (SSSR count). The molecule has 0 amide bonds. The largest absolute Gasteiger partial charge is 0.349 e. The summed E-state index contributed by atoms with van der Waals surface area (Å²) in [4.78, 5) is 6.75. The minimum absolute atomic E-state index is 0. The smallest absolute Gasteiger partial charge is 0.102 e. The molecule has 0 atom stereocenters. The zero-order valence-electron chi connectivity index (χ0n) is 5.60. The molecule has 0 aliphatic heterocycles. The van der Waals surface area contributed by atoms with Gasteiger partial charge in [0.1, 0.15) is 5.82 Å². The Kier molecular flexibility index (Phi) is 8.87. The number of rotatable bonds is 0. The summed E-state index contributed by atoms with van der Waals surface area (Å²) in [5, 5.41) is 0. The van der Waals surface area contributed by atoms with Crippen LogP contribution in [0.1, 0.15) is 27.1 Å². The number of aromatic nitrogens is 2. The zero-order valence-corrected chi connectivity index (χ0v) is 5.60. The van der Waals surface area contributed by atoms with E-state index in [0.717, 1.165) is 5.82 Å². The maximum absolute atomic E-state index is 3.86. The fourth-order valence-corrected chi connectivity index (χ4v) is 0.344. The molecule has 0 bridgehead atoms. The van der Waals surface area contributed by atoms with Gasteiger partial charge in [0.15, 0.2) is 0 Å². The second-order valence-electron chi connectivity index (χ2n) is 1.17. The van der Waals surface area contributed by atoms with Crippen LogP contribution in [-0.4, -0.2) is 9.97 Å². The van der Waals surface area contributed by atoms with Gasteiger partial charge >= 0.3 is 0 Å². The van der Waals surface area contributed by atoms with Crippen LogP contribution in [0.25, 0.3) is 0 Å². The highest BCUT2D eigenvalue weighted by Crippen LogP contribution is 1.78. The van der Waals surface area contributed by atoms with E-state index < -0.39 is 0 Å². The van der Waals surface area contributed by atoms with E-state index in [1.165, 1.54) is 0 Å². The second kappa shape index (κ2) is 7.21. The molecule has 1 aromatic rings. The molecule has 1 heterocycles. The maximum atomic E-state index is 3.86. The highest BCUT2D eigenvalue weighted by atomic mass is 14.9. The lowest BCUT2D eigenvalue weighted by Gasteiger charge is -1.68. The Bertz CT molecular complexity index is 110. The predicted molar refractivity (Wildman–Crippen MR) is 41.4 cm³/mol. The van der Waals surface area contributed by atoms with Gasteiger partial charge in [-0.25, -0.2) is 4.98 Å². The van der Waals surface area contributed by atoms with Gasteiger partial charge in [-0.1, -0.05) is 21.3 Å². The van der Waals surface area contributed by atoms with E-state index in [9.17, 15) is 0 Å². The van der Waals surface area contributed by atoms with Gasteiger partial charge in [-0.05, 0) is 6.92 Å². The second-order valence-corrected chi connectivity index (χ2v) is 1.17. The van der Waals surface area contributed by atoms with Gasteiger partial charge in [0, 0.05) is 12.4 Å². The molecule has 1 N–H and O–H groups in total. The van der Waals surface area contributed by atoms with Gasteiger partial charge in [-0.2, -0.15) is 0 Å². The van der Waals surface area contributed by atoms with E-state index in [4.69, 9.17) is 0 Å². The minimum Gasteiger partial charge on any atom is -0.349 e. The summed E-state index contributed by atoms with van der Waals surface area (Å²) >= 11 is 0. The molecule has 54 valence electrons. The molecule has 0 fully saturated rings. The SMILES string of the molecule is C.CC.Cc1ncc[nH]1. The third kappa shape index (κ3) is 5.07. The number of H-pyrrole nitrogens is 1. The van der Waals surface area contributed by atoms with Crippen molar-refractivity contribution in [2.75, 3.05) is 0 Å². The molecule has 2 nitrogen and oxygen atoms in total. The van der Waals surface area contributed by atoms with Crippen LogP contribution in [0.5, 0.6) is 0 Å². The molecule has 0 aliphatic carbocycles. The molecule has 1 aromatic heterocycles. The molecule has 0 aromatic carbocycles. The lowest BCUT2D eigenvalue weighted by Crippen LogP contribution is -1.66. The van der Waals surface area contributed by atoms with Crippen molar-refractivity contribution in [1.29, 1.82) is 0 Å². The van der Waals surface area contributed by atoms with Gasteiger partial charge in [0.05, 0.1) is 0 Å². The first-order valence-corrected chi connectivity index (χ1v) is 2.85. The first kappa shape index (κ1) is 11.1. The van der Waals surface area contributed by atoms with Crippen LogP contribution in [-0.2, 0) is 0 Å². The monoisotopic (exact) mass is 128 g/mol. The van der Waals surface area contributed by atoms with E-state index in [0.29, 0.717) is 0 Å². The molecular weight excluding hydrogens is 112 g/mol. The Morgan fingerprint density at radius 1 is 1.44 bits per heavy atom. The van der Waals surface area contributed by atoms with Crippen LogP contribution >= 0.6 is 0 Å². The maximum Gasteiger partial charge on any atom is 0.102 e. The van der Waals surface area contributed by atoms with Crippen LogP contribution in [0.2, 0.25) is 0 Å². The lowest BCUT2D eigenvalue weighted by molar-refractivity contribution is 1.15. The summed E-state index contributed by atoms with van der Waals surface area (Å²) in [5.74, 6) is 0.968. The molecule has 9 heavy (non-hydrogen) atoms. The van der Waals surface area contributed by atoms with Crippen LogP contribution in [0.4, 0.5) is 0 Å². The molecule has 0 saturated heterocycles. The number of aryl methyl sites for hydroxylation is 1. The van der Waals surface area contributed by atoms with E-state index >= 15 is 0 Å². The number of aromatic amines is 1. The van der Waals surface area contributed by atoms with Crippen molar-refractivity contribution in [3.63, 3.8) is 0 Å². The summed E-state index contributed by atoms with van der Waals surface area (Å²) in [6.07, 6.45) is 3.53. The minimum atomic E-state index is 0. The first-order chi connectivity index (χ1) is 3.89. The van der Waals surface area contributed by atoms with Crippen molar-refractivity contribution in [2.45, 2.75) is 28.2 Å². The molecule has 0 radical (unpaired) electrons. The fourth-order valence-electron chi connectivity index (χ4n) is 0.344. The fraction of sp³-hybridized carbons (Fsp3) is 0.571. The zero-order chi connectivity index (χ0) is 6.41. The van der Waals surface area contributed by atoms with Crippen molar-refractivity contribution in [2.24, 2.45) is 0 Å². The third-order valence-corrected chi connectivity index (χ3v) is 0.635. The summed E-state index contributed by atoms with van der Waals surface area (Å²) in [6, 6.07) is 0. The third-order valence-electron chi connectivity index (χ3n) is 0.635.